The van der Waals surface area contributed by atoms with Crippen LogP contribution in [0.4, 0.5) is 17.6 Å². The summed E-state index contributed by atoms with van der Waals surface area (Å²) in [5, 5.41) is -5.66. The number of esters is 1. The Morgan fingerprint density at radius 1 is 1.07 bits per heavy atom. The van der Waals surface area contributed by atoms with Crippen LogP contribution < -0.4 is 0 Å². The van der Waals surface area contributed by atoms with E-state index in [0.717, 1.165) is 12.8 Å². The van der Waals surface area contributed by atoms with Gasteiger partial charge < -0.3 is 4.74 Å². The number of ether oxygens (including phenoxy) is 1. The topological polar surface area (TPSA) is 132 Å². The average Bonchev–Trinajstić information content (AvgIpc) is 3.24. The van der Waals surface area contributed by atoms with Crippen molar-refractivity contribution in [2.24, 2.45) is 46.3 Å². The lowest BCUT2D eigenvalue weighted by Gasteiger charge is -2.58. The minimum Gasteiger partial charge on any atom is -0.466 e. The van der Waals surface area contributed by atoms with Gasteiger partial charge in [-0.3, -0.25) is 23.7 Å². The molecular formula is C29H40F4O8S. The molecule has 0 aromatic carbocycles. The Hall–Kier alpha value is -1.89. The molecule has 1 N–H and O–H groups in total. The maximum Gasteiger partial charge on any atom is 0.431 e. The summed E-state index contributed by atoms with van der Waals surface area (Å²) in [4.78, 5) is 51.7. The Labute approximate surface area is 243 Å². The van der Waals surface area contributed by atoms with Gasteiger partial charge in [-0.1, -0.05) is 20.8 Å². The molecule has 4 fully saturated rings. The molecule has 1 unspecified atom stereocenters. The van der Waals surface area contributed by atoms with Crippen molar-refractivity contribution in [2.75, 3.05) is 6.61 Å². The predicted molar refractivity (Wildman–Crippen MR) is 141 cm³/mol. The van der Waals surface area contributed by atoms with Gasteiger partial charge in [-0.05, 0) is 67.1 Å². The Morgan fingerprint density at radius 2 is 1.74 bits per heavy atom. The van der Waals surface area contributed by atoms with Crippen LogP contribution in [-0.2, 0) is 34.0 Å². The van der Waals surface area contributed by atoms with E-state index >= 15 is 0 Å². The number of halogens is 4. The van der Waals surface area contributed by atoms with E-state index in [0.29, 0.717) is 38.5 Å². The number of ketones is 3. The van der Waals surface area contributed by atoms with Crippen LogP contribution in [0.2, 0.25) is 0 Å². The minimum absolute atomic E-state index is 0.0165. The highest BCUT2D eigenvalue weighted by atomic mass is 32.2. The van der Waals surface area contributed by atoms with Gasteiger partial charge in [0.2, 0.25) is 0 Å². The normalized spacial score (nSPS) is 36.2. The molecule has 8 nitrogen and oxygen atoms in total. The SMILES string of the molecule is C[C@H](CCC(=O)OCCCC(F)(F)C(F)(F)S(=O)(=O)O)[C@H]1CC[C@H]2[C@@H]3C(=O)CC4CC(=O)CC[C@]4(C)[C@H]3CC(=O)[C@]12C. The van der Waals surface area contributed by atoms with E-state index in [1.165, 1.54) is 0 Å². The standard InChI is InChI=1S/C29H40F4O8S/c1-16(5-8-24(37)41-12-4-10-28(30,31)29(32,33)42(38,39)40)19-6-7-20-25-21(15-23(36)27(19,20)3)26(2)11-9-18(34)13-17(26)14-22(25)35/h16-17,19-21,25H,4-15H2,1-3H3,(H,38,39,40)/t16-,17?,19-,20+,21+,25+,26+,27-/m1/s1. The molecule has 13 heteroatoms. The van der Waals surface area contributed by atoms with Crippen LogP contribution in [0.1, 0.15) is 91.4 Å². The maximum atomic E-state index is 13.8. The van der Waals surface area contributed by atoms with Crippen molar-refractivity contribution in [3.63, 3.8) is 0 Å². The smallest absolute Gasteiger partial charge is 0.431 e. The van der Waals surface area contributed by atoms with Gasteiger partial charge in [0.1, 0.15) is 17.3 Å². The van der Waals surface area contributed by atoms with E-state index in [2.05, 4.69) is 6.92 Å². The van der Waals surface area contributed by atoms with Gasteiger partial charge in [-0.25, -0.2) is 0 Å². The fourth-order valence-corrected chi connectivity index (χ4v) is 9.30. The number of carbonyl (C=O) groups is 4. The predicted octanol–water partition coefficient (Wildman–Crippen LogP) is 5.43. The second kappa shape index (κ2) is 11.2. The maximum absolute atomic E-state index is 13.8. The van der Waals surface area contributed by atoms with E-state index in [-0.39, 0.29) is 64.7 Å². The molecular weight excluding hydrogens is 584 g/mol. The summed E-state index contributed by atoms with van der Waals surface area (Å²) in [6.07, 6.45) is 1.56. The molecule has 0 heterocycles. The minimum atomic E-state index is -6.32. The van der Waals surface area contributed by atoms with Crippen LogP contribution in [0.5, 0.6) is 0 Å². The van der Waals surface area contributed by atoms with E-state index in [1.54, 1.807) is 0 Å². The Morgan fingerprint density at radius 3 is 2.38 bits per heavy atom. The highest BCUT2D eigenvalue weighted by molar-refractivity contribution is 7.87. The summed E-state index contributed by atoms with van der Waals surface area (Å²) >= 11 is 0. The van der Waals surface area contributed by atoms with Crippen molar-refractivity contribution < 1.29 is 54.4 Å². The third-order valence-electron chi connectivity index (χ3n) is 11.4. The fourth-order valence-electron chi connectivity index (χ4n) is 8.82. The van der Waals surface area contributed by atoms with Crippen molar-refractivity contribution >= 4 is 33.4 Å². The highest BCUT2D eigenvalue weighted by Crippen LogP contribution is 2.66. The van der Waals surface area contributed by atoms with Crippen molar-refractivity contribution in [1.29, 1.82) is 0 Å². The van der Waals surface area contributed by atoms with Crippen LogP contribution in [0, 0.1) is 46.3 Å². The van der Waals surface area contributed by atoms with Gasteiger partial charge in [0.05, 0.1) is 6.61 Å². The summed E-state index contributed by atoms with van der Waals surface area (Å²) in [6.45, 7) is 5.38. The zero-order valence-corrected chi connectivity index (χ0v) is 25.0. The number of hydrogen-bond donors (Lipinski definition) is 1. The zero-order chi connectivity index (χ0) is 31.5. The summed E-state index contributed by atoms with van der Waals surface area (Å²) in [5.74, 6) is -5.92. The molecule has 4 aliphatic carbocycles. The third-order valence-corrected chi connectivity index (χ3v) is 12.3. The molecule has 0 radical (unpaired) electrons. The largest absolute Gasteiger partial charge is 0.466 e. The summed E-state index contributed by atoms with van der Waals surface area (Å²) in [5.41, 5.74) is -0.944. The summed E-state index contributed by atoms with van der Waals surface area (Å²) in [6, 6.07) is 0. The number of alkyl halides is 4. The van der Waals surface area contributed by atoms with Crippen LogP contribution in [0.25, 0.3) is 0 Å². The molecule has 4 saturated carbocycles. The van der Waals surface area contributed by atoms with Gasteiger partial charge in [-0.2, -0.15) is 26.0 Å². The summed E-state index contributed by atoms with van der Waals surface area (Å²) in [7, 11) is -6.32. The molecule has 0 bridgehead atoms. The Balaban J connectivity index is 1.33. The second-order valence-electron chi connectivity index (χ2n) is 13.5. The molecule has 0 aromatic heterocycles. The number of rotatable bonds is 10. The number of fused-ring (bicyclic) bond motifs is 5. The molecule has 4 aliphatic rings. The molecule has 4 rings (SSSR count). The van der Waals surface area contributed by atoms with E-state index < -0.39 is 52.1 Å². The van der Waals surface area contributed by atoms with Crippen LogP contribution in [-0.4, -0.2) is 54.1 Å². The lowest BCUT2D eigenvalue weighted by molar-refractivity contribution is -0.167. The quantitative estimate of drug-likeness (QED) is 0.147. The number of Topliss-reactive ketones (excluding diaryl/α,β-unsaturated/α-hetero) is 3. The lowest BCUT2D eigenvalue weighted by atomic mass is 9.44. The monoisotopic (exact) mass is 624 g/mol. The van der Waals surface area contributed by atoms with E-state index in [4.69, 9.17) is 9.29 Å². The lowest BCUT2D eigenvalue weighted by Crippen LogP contribution is -2.60. The van der Waals surface area contributed by atoms with Gasteiger partial charge in [0.25, 0.3) is 0 Å². The Kier molecular flexibility index (Phi) is 8.83. The zero-order valence-electron chi connectivity index (χ0n) is 24.2. The van der Waals surface area contributed by atoms with Crippen LogP contribution in [0.15, 0.2) is 0 Å². The first-order chi connectivity index (χ1) is 19.3. The van der Waals surface area contributed by atoms with Crippen molar-refractivity contribution in [3.8, 4) is 0 Å². The molecule has 0 saturated heterocycles. The van der Waals surface area contributed by atoms with Crippen LogP contribution in [0.3, 0.4) is 0 Å². The number of hydrogen-bond acceptors (Lipinski definition) is 7. The fraction of sp³-hybridized carbons (Fsp3) is 0.862. The first-order valence-corrected chi connectivity index (χ1v) is 16.2. The van der Waals surface area contributed by atoms with Gasteiger partial charge in [-0.15, -0.1) is 0 Å². The van der Waals surface area contributed by atoms with Crippen molar-refractivity contribution in [1.82, 2.24) is 0 Å². The highest BCUT2D eigenvalue weighted by Gasteiger charge is 2.66. The van der Waals surface area contributed by atoms with Gasteiger partial charge in [0, 0.05) is 49.9 Å². The van der Waals surface area contributed by atoms with E-state index in [9.17, 15) is 45.2 Å². The Bertz CT molecular complexity index is 1240. The average molecular weight is 625 g/mol. The second-order valence-corrected chi connectivity index (χ2v) is 14.9. The molecule has 0 spiro atoms. The molecule has 42 heavy (non-hydrogen) atoms. The summed E-state index contributed by atoms with van der Waals surface area (Å²) < 4.78 is 88.3. The molecule has 0 amide bonds. The van der Waals surface area contributed by atoms with Crippen LogP contribution >= 0.6 is 0 Å². The van der Waals surface area contributed by atoms with Crippen molar-refractivity contribution in [2.45, 2.75) is 103 Å². The first kappa shape index (κ1) is 33.0. The van der Waals surface area contributed by atoms with Gasteiger partial charge >= 0.3 is 27.3 Å². The third kappa shape index (κ3) is 5.45. The van der Waals surface area contributed by atoms with E-state index in [1.807, 2.05) is 13.8 Å². The molecule has 0 aliphatic heterocycles. The molecule has 8 atom stereocenters. The first-order valence-electron chi connectivity index (χ1n) is 14.7. The molecule has 238 valence electrons. The van der Waals surface area contributed by atoms with Gasteiger partial charge in [0.15, 0.2) is 0 Å². The van der Waals surface area contributed by atoms with Crippen molar-refractivity contribution in [3.05, 3.63) is 0 Å². The number of carbonyl (C=O) groups excluding carboxylic acids is 4. The molecule has 0 aromatic rings.